The molecule has 0 bridgehead atoms. The average Bonchev–Trinajstić information content (AvgIpc) is 2.22. The Morgan fingerprint density at radius 1 is 1.18 bits per heavy atom. The first kappa shape index (κ1) is 13.4. The van der Waals surface area contributed by atoms with E-state index in [0.717, 1.165) is 25.7 Å². The molecular formula is C15H28O2. The topological polar surface area (TPSA) is 40.5 Å². The largest absolute Gasteiger partial charge is 0.393 e. The van der Waals surface area contributed by atoms with E-state index in [1.807, 2.05) is 13.8 Å². The minimum Gasteiger partial charge on any atom is -0.393 e. The molecule has 0 aromatic rings. The lowest BCUT2D eigenvalue weighted by Gasteiger charge is -2.53. The van der Waals surface area contributed by atoms with Gasteiger partial charge in [-0.3, -0.25) is 0 Å². The molecule has 2 aliphatic carbocycles. The first-order valence-electron chi connectivity index (χ1n) is 7.14. The standard InChI is InChI=1S/C15H28O2/c1-10-5-7-15(4)8-6-11(14(2,3)17)9-12(15)13(10)16/h10-13,16-17H,5-9H2,1-4H3/t10-,11-,12-,13-,15+/m0/s1. The highest BCUT2D eigenvalue weighted by Gasteiger charge is 2.49. The third-order valence-corrected chi connectivity index (χ3v) is 5.66. The van der Waals surface area contributed by atoms with Gasteiger partial charge in [0.2, 0.25) is 0 Å². The lowest BCUT2D eigenvalue weighted by molar-refractivity contribution is -0.114. The summed E-state index contributed by atoms with van der Waals surface area (Å²) < 4.78 is 0. The summed E-state index contributed by atoms with van der Waals surface area (Å²) in [5.74, 6) is 1.16. The number of rotatable bonds is 1. The van der Waals surface area contributed by atoms with Gasteiger partial charge in [-0.1, -0.05) is 13.8 Å². The third kappa shape index (κ3) is 2.39. The van der Waals surface area contributed by atoms with Gasteiger partial charge < -0.3 is 10.2 Å². The van der Waals surface area contributed by atoms with E-state index in [1.165, 1.54) is 6.42 Å². The van der Waals surface area contributed by atoms with Crippen molar-refractivity contribution in [3.05, 3.63) is 0 Å². The number of hydrogen-bond donors (Lipinski definition) is 2. The first-order chi connectivity index (χ1) is 7.74. The zero-order chi connectivity index (χ0) is 12.8. The van der Waals surface area contributed by atoms with Crippen molar-refractivity contribution in [3.8, 4) is 0 Å². The monoisotopic (exact) mass is 240 g/mol. The summed E-state index contributed by atoms with van der Waals surface area (Å²) in [5, 5.41) is 20.6. The summed E-state index contributed by atoms with van der Waals surface area (Å²) in [6.45, 7) is 8.34. The van der Waals surface area contributed by atoms with E-state index in [2.05, 4.69) is 13.8 Å². The molecule has 0 aliphatic heterocycles. The van der Waals surface area contributed by atoms with Crippen LogP contribution in [0.5, 0.6) is 0 Å². The molecule has 0 spiro atoms. The van der Waals surface area contributed by atoms with Gasteiger partial charge in [-0.25, -0.2) is 0 Å². The van der Waals surface area contributed by atoms with E-state index >= 15 is 0 Å². The third-order valence-electron chi connectivity index (χ3n) is 5.66. The van der Waals surface area contributed by atoms with Crippen LogP contribution in [0.2, 0.25) is 0 Å². The number of aliphatic hydroxyl groups is 2. The molecule has 17 heavy (non-hydrogen) atoms. The minimum absolute atomic E-state index is 0.168. The molecule has 2 rings (SSSR count). The van der Waals surface area contributed by atoms with Crippen LogP contribution in [0, 0.1) is 23.2 Å². The van der Waals surface area contributed by atoms with E-state index in [1.54, 1.807) is 0 Å². The van der Waals surface area contributed by atoms with Gasteiger partial charge in [0.25, 0.3) is 0 Å². The Bertz CT molecular complexity index is 281. The van der Waals surface area contributed by atoms with Crippen molar-refractivity contribution in [3.63, 3.8) is 0 Å². The van der Waals surface area contributed by atoms with Crippen molar-refractivity contribution in [2.24, 2.45) is 23.2 Å². The van der Waals surface area contributed by atoms with Crippen molar-refractivity contribution in [2.45, 2.75) is 71.5 Å². The van der Waals surface area contributed by atoms with Crippen molar-refractivity contribution < 1.29 is 10.2 Å². The maximum absolute atomic E-state index is 10.4. The molecule has 2 fully saturated rings. The number of aliphatic hydroxyl groups excluding tert-OH is 1. The van der Waals surface area contributed by atoms with Crippen LogP contribution >= 0.6 is 0 Å². The molecule has 0 saturated heterocycles. The Morgan fingerprint density at radius 2 is 1.76 bits per heavy atom. The first-order valence-corrected chi connectivity index (χ1v) is 7.14. The fourth-order valence-corrected chi connectivity index (χ4v) is 4.03. The highest BCUT2D eigenvalue weighted by Crippen LogP contribution is 2.54. The lowest BCUT2D eigenvalue weighted by Crippen LogP contribution is -2.50. The van der Waals surface area contributed by atoms with Crippen LogP contribution in [0.1, 0.15) is 59.8 Å². The predicted molar refractivity (Wildman–Crippen MR) is 69.6 cm³/mol. The smallest absolute Gasteiger partial charge is 0.0619 e. The molecule has 2 heteroatoms. The minimum atomic E-state index is -0.596. The molecule has 2 saturated carbocycles. The van der Waals surface area contributed by atoms with Gasteiger partial charge in [0.1, 0.15) is 0 Å². The Morgan fingerprint density at radius 3 is 2.35 bits per heavy atom. The Balaban J connectivity index is 2.15. The van der Waals surface area contributed by atoms with E-state index in [-0.39, 0.29) is 6.10 Å². The molecule has 2 aliphatic rings. The lowest BCUT2D eigenvalue weighted by atomic mass is 9.54. The summed E-state index contributed by atoms with van der Waals surface area (Å²) in [6, 6.07) is 0. The van der Waals surface area contributed by atoms with Gasteiger partial charge in [0.15, 0.2) is 0 Å². The number of fused-ring (bicyclic) bond motifs is 1. The maximum atomic E-state index is 10.4. The molecular weight excluding hydrogens is 212 g/mol. The zero-order valence-electron chi connectivity index (χ0n) is 11.7. The second-order valence-electron chi connectivity index (χ2n) is 7.39. The molecule has 0 aromatic carbocycles. The fourth-order valence-electron chi connectivity index (χ4n) is 4.03. The van der Waals surface area contributed by atoms with Crippen LogP contribution in [0.4, 0.5) is 0 Å². The summed E-state index contributed by atoms with van der Waals surface area (Å²) in [4.78, 5) is 0. The maximum Gasteiger partial charge on any atom is 0.0619 e. The molecule has 0 amide bonds. The zero-order valence-corrected chi connectivity index (χ0v) is 11.7. The van der Waals surface area contributed by atoms with E-state index in [0.29, 0.717) is 23.2 Å². The summed E-state index contributed by atoms with van der Waals surface area (Å²) in [6.07, 6.45) is 5.49. The normalized spacial score (nSPS) is 47.6. The predicted octanol–water partition coefficient (Wildman–Crippen LogP) is 2.97. The fraction of sp³-hybridized carbons (Fsp3) is 1.00. The van der Waals surface area contributed by atoms with Crippen LogP contribution in [0.25, 0.3) is 0 Å². The van der Waals surface area contributed by atoms with Crippen molar-refractivity contribution >= 4 is 0 Å². The SMILES string of the molecule is C[C@H]1CC[C@]2(C)CC[C@H](C(C)(C)O)C[C@H]2[C@H]1O. The van der Waals surface area contributed by atoms with Crippen molar-refractivity contribution in [1.29, 1.82) is 0 Å². The molecule has 0 aromatic heterocycles. The molecule has 2 N–H and O–H groups in total. The van der Waals surface area contributed by atoms with Gasteiger partial charge in [-0.05, 0) is 69.1 Å². The van der Waals surface area contributed by atoms with Gasteiger partial charge >= 0.3 is 0 Å². The van der Waals surface area contributed by atoms with Crippen LogP contribution < -0.4 is 0 Å². The molecule has 0 heterocycles. The molecule has 2 nitrogen and oxygen atoms in total. The Kier molecular flexibility index (Phi) is 3.33. The quantitative estimate of drug-likeness (QED) is 0.740. The molecule has 100 valence electrons. The highest BCUT2D eigenvalue weighted by molar-refractivity contribution is 4.99. The molecule has 0 radical (unpaired) electrons. The van der Waals surface area contributed by atoms with Crippen LogP contribution in [0.15, 0.2) is 0 Å². The van der Waals surface area contributed by atoms with Gasteiger partial charge in [-0.15, -0.1) is 0 Å². The molecule has 0 unspecified atom stereocenters. The van der Waals surface area contributed by atoms with E-state index in [4.69, 9.17) is 0 Å². The van der Waals surface area contributed by atoms with Crippen LogP contribution in [-0.4, -0.2) is 21.9 Å². The van der Waals surface area contributed by atoms with E-state index in [9.17, 15) is 10.2 Å². The van der Waals surface area contributed by atoms with Gasteiger partial charge in [-0.2, -0.15) is 0 Å². The Labute approximate surface area is 105 Å². The highest BCUT2D eigenvalue weighted by atomic mass is 16.3. The Hall–Kier alpha value is -0.0800. The number of hydrogen-bond acceptors (Lipinski definition) is 2. The van der Waals surface area contributed by atoms with Crippen LogP contribution in [-0.2, 0) is 0 Å². The van der Waals surface area contributed by atoms with Crippen molar-refractivity contribution in [1.82, 2.24) is 0 Å². The van der Waals surface area contributed by atoms with Crippen molar-refractivity contribution in [2.75, 3.05) is 0 Å². The summed E-state index contributed by atoms with van der Waals surface area (Å²) in [5.41, 5.74) is -0.282. The average molecular weight is 240 g/mol. The second kappa shape index (κ2) is 4.24. The summed E-state index contributed by atoms with van der Waals surface area (Å²) >= 11 is 0. The van der Waals surface area contributed by atoms with Crippen LogP contribution in [0.3, 0.4) is 0 Å². The van der Waals surface area contributed by atoms with Gasteiger partial charge in [0.05, 0.1) is 11.7 Å². The molecule has 5 atom stereocenters. The van der Waals surface area contributed by atoms with E-state index < -0.39 is 5.60 Å². The second-order valence-corrected chi connectivity index (χ2v) is 7.39. The van der Waals surface area contributed by atoms with Gasteiger partial charge in [0, 0.05) is 0 Å². The summed E-state index contributed by atoms with van der Waals surface area (Å²) in [7, 11) is 0.